The highest BCUT2D eigenvalue weighted by Crippen LogP contribution is 2.35. The molecule has 0 aliphatic carbocycles. The zero-order chi connectivity index (χ0) is 16.4. The maximum atomic E-state index is 5.93. The van der Waals surface area contributed by atoms with Crippen LogP contribution in [0.1, 0.15) is 31.7 Å². The summed E-state index contributed by atoms with van der Waals surface area (Å²) in [5, 5.41) is 4.86. The second kappa shape index (κ2) is 6.75. The van der Waals surface area contributed by atoms with E-state index >= 15 is 0 Å². The Kier molecular flexibility index (Phi) is 4.32. The van der Waals surface area contributed by atoms with Gasteiger partial charge in [-0.1, -0.05) is 62.2 Å². The van der Waals surface area contributed by atoms with Crippen LogP contribution in [0.15, 0.2) is 63.0 Å². The summed E-state index contributed by atoms with van der Waals surface area (Å²) in [7, 11) is -0.00135. The van der Waals surface area contributed by atoms with E-state index in [2.05, 4.69) is 61.5 Å². The van der Waals surface area contributed by atoms with Crippen molar-refractivity contribution in [2.45, 2.75) is 32.6 Å². The first-order valence-corrected chi connectivity index (χ1v) is 9.43. The number of hydrogen-bond donors (Lipinski definition) is 0. The molecule has 3 aromatic carbocycles. The Balaban J connectivity index is 2.13. The van der Waals surface area contributed by atoms with Crippen LogP contribution in [0.5, 0.6) is 0 Å². The van der Waals surface area contributed by atoms with Crippen LogP contribution in [0.3, 0.4) is 0 Å². The van der Waals surface area contributed by atoms with Crippen molar-refractivity contribution in [2.75, 3.05) is 0 Å². The quantitative estimate of drug-likeness (QED) is 0.368. The highest BCUT2D eigenvalue weighted by molar-refractivity contribution is 7.15. The van der Waals surface area contributed by atoms with E-state index in [1.807, 2.05) is 0 Å². The molecule has 1 unspecified atom stereocenters. The maximum absolute atomic E-state index is 5.93. The Morgan fingerprint density at radius 1 is 0.792 bits per heavy atom. The van der Waals surface area contributed by atoms with E-state index in [-0.39, 0.29) is 8.67 Å². The molecule has 0 saturated heterocycles. The highest BCUT2D eigenvalue weighted by atomic mass is 31.1. The Hall–Kier alpha value is -2.18. The predicted molar refractivity (Wildman–Crippen MR) is 104 cm³/mol. The SMILES string of the molecule is CCCCCc1cccc2o[pH]oc3ccc4ccccc4c3c12. The van der Waals surface area contributed by atoms with Gasteiger partial charge in [0.25, 0.3) is 0 Å². The second-order valence-corrected chi connectivity index (χ2v) is 6.77. The van der Waals surface area contributed by atoms with Gasteiger partial charge in [0.1, 0.15) is 11.2 Å². The number of fused-ring (bicyclic) bond motifs is 5. The van der Waals surface area contributed by atoms with Gasteiger partial charge in [0, 0.05) is 10.8 Å². The Labute approximate surface area is 143 Å². The minimum atomic E-state index is -0.00135. The molecule has 1 atom stereocenters. The zero-order valence-corrected chi connectivity index (χ0v) is 14.8. The molecule has 0 aliphatic rings. The lowest BCUT2D eigenvalue weighted by atomic mass is 9.97. The number of hydrogen-bond acceptors (Lipinski definition) is 2. The molecule has 0 radical (unpaired) electrons. The minimum absolute atomic E-state index is 0.00135. The van der Waals surface area contributed by atoms with Crippen LogP contribution in [0.4, 0.5) is 0 Å². The lowest BCUT2D eigenvalue weighted by Gasteiger charge is -2.07. The van der Waals surface area contributed by atoms with Gasteiger partial charge < -0.3 is 8.39 Å². The third-order valence-electron chi connectivity index (χ3n) is 4.61. The van der Waals surface area contributed by atoms with Gasteiger partial charge in [0.05, 0.1) is 0 Å². The molecule has 0 aliphatic heterocycles. The monoisotopic (exact) mass is 336 g/mol. The van der Waals surface area contributed by atoms with E-state index in [9.17, 15) is 0 Å². The molecule has 122 valence electrons. The molecule has 4 rings (SSSR count). The number of aryl methyl sites for hydroxylation is 1. The smallest absolute Gasteiger partial charge is 0.201 e. The number of rotatable bonds is 4. The molecule has 0 N–H and O–H groups in total. The van der Waals surface area contributed by atoms with Gasteiger partial charge in [0.2, 0.25) is 8.67 Å². The molecular weight excluding hydrogens is 315 g/mol. The average molecular weight is 336 g/mol. The fourth-order valence-corrected chi connectivity index (χ4v) is 3.99. The molecule has 24 heavy (non-hydrogen) atoms. The molecule has 3 heteroatoms. The molecule has 0 bridgehead atoms. The minimum Gasteiger partial charge on any atom is -0.421 e. The van der Waals surface area contributed by atoms with Gasteiger partial charge in [0.15, 0.2) is 0 Å². The lowest BCUT2D eigenvalue weighted by molar-refractivity contribution is 0.662. The molecule has 4 aromatic rings. The fourth-order valence-electron chi connectivity index (χ4n) is 3.42. The summed E-state index contributed by atoms with van der Waals surface area (Å²) in [6, 6.07) is 19.1. The van der Waals surface area contributed by atoms with Gasteiger partial charge in [-0.2, -0.15) is 0 Å². The van der Waals surface area contributed by atoms with Gasteiger partial charge in [-0.3, -0.25) is 0 Å². The van der Waals surface area contributed by atoms with E-state index in [1.165, 1.54) is 46.4 Å². The first-order valence-electron chi connectivity index (χ1n) is 8.61. The van der Waals surface area contributed by atoms with Crippen molar-refractivity contribution in [1.82, 2.24) is 0 Å². The summed E-state index contributed by atoms with van der Waals surface area (Å²) in [6.45, 7) is 2.24. The van der Waals surface area contributed by atoms with Gasteiger partial charge in [-0.05, 0) is 41.3 Å². The number of benzene rings is 3. The van der Waals surface area contributed by atoms with Crippen molar-refractivity contribution < 1.29 is 8.39 Å². The number of unbranched alkanes of at least 4 members (excludes halogenated alkanes) is 2. The predicted octanol–water partition coefficient (Wildman–Crippen LogP) is 7.22. The summed E-state index contributed by atoms with van der Waals surface area (Å²) in [4.78, 5) is 0. The molecular formula is C21H21O2P. The summed E-state index contributed by atoms with van der Waals surface area (Å²) < 4.78 is 11.9. The summed E-state index contributed by atoms with van der Waals surface area (Å²) >= 11 is 0. The van der Waals surface area contributed by atoms with Gasteiger partial charge in [-0.25, -0.2) is 0 Å². The molecule has 2 nitrogen and oxygen atoms in total. The van der Waals surface area contributed by atoms with Crippen LogP contribution >= 0.6 is 8.67 Å². The highest BCUT2D eigenvalue weighted by Gasteiger charge is 2.10. The first kappa shape index (κ1) is 15.4. The third kappa shape index (κ3) is 2.72. The maximum Gasteiger partial charge on any atom is 0.201 e. The second-order valence-electron chi connectivity index (χ2n) is 6.19. The Morgan fingerprint density at radius 3 is 2.50 bits per heavy atom. The van der Waals surface area contributed by atoms with Crippen molar-refractivity contribution in [2.24, 2.45) is 0 Å². The van der Waals surface area contributed by atoms with Gasteiger partial charge in [-0.15, -0.1) is 0 Å². The third-order valence-corrected chi connectivity index (χ3v) is 5.21. The fraction of sp³-hybridized carbons (Fsp3) is 0.238. The molecule has 0 spiro atoms. The van der Waals surface area contributed by atoms with Crippen LogP contribution in [0, 0.1) is 0 Å². The summed E-state index contributed by atoms with van der Waals surface area (Å²) in [5.41, 5.74) is 3.22. The van der Waals surface area contributed by atoms with Crippen molar-refractivity contribution in [1.29, 1.82) is 0 Å². The Bertz CT molecular complexity index is 1030. The largest absolute Gasteiger partial charge is 0.421 e. The van der Waals surface area contributed by atoms with E-state index in [0.717, 1.165) is 17.6 Å². The molecule has 0 fully saturated rings. The lowest BCUT2D eigenvalue weighted by Crippen LogP contribution is -1.88. The van der Waals surface area contributed by atoms with E-state index in [0.29, 0.717) is 0 Å². The van der Waals surface area contributed by atoms with Crippen molar-refractivity contribution >= 4 is 41.4 Å². The van der Waals surface area contributed by atoms with Gasteiger partial charge >= 0.3 is 0 Å². The standard InChI is InChI=1S/C21H21O2P/c1-2-3-4-9-16-10-7-12-18-20(16)21-17-11-6-5-8-15(17)13-14-19(21)23-24-22-18/h5-8,10-14,24H,2-4,9H2,1H3. The van der Waals surface area contributed by atoms with Crippen molar-refractivity contribution in [3.05, 3.63) is 60.2 Å². The molecule has 0 amide bonds. The molecule has 1 heterocycles. The average Bonchev–Trinajstić information content (AvgIpc) is 2.82. The van der Waals surface area contributed by atoms with Crippen molar-refractivity contribution in [3.63, 3.8) is 0 Å². The van der Waals surface area contributed by atoms with Crippen LogP contribution in [0.2, 0.25) is 0 Å². The van der Waals surface area contributed by atoms with Crippen LogP contribution in [0.25, 0.3) is 32.7 Å². The van der Waals surface area contributed by atoms with E-state index in [4.69, 9.17) is 8.39 Å². The summed E-state index contributed by atoms with van der Waals surface area (Å²) in [5.74, 6) is 0. The molecule has 1 aromatic heterocycles. The molecule has 0 saturated carbocycles. The van der Waals surface area contributed by atoms with E-state index in [1.54, 1.807) is 0 Å². The van der Waals surface area contributed by atoms with Crippen LogP contribution in [-0.4, -0.2) is 0 Å². The summed E-state index contributed by atoms with van der Waals surface area (Å²) in [6.07, 6.45) is 4.77. The van der Waals surface area contributed by atoms with Crippen LogP contribution < -0.4 is 0 Å². The van der Waals surface area contributed by atoms with E-state index < -0.39 is 0 Å². The first-order chi connectivity index (χ1) is 11.9. The normalized spacial score (nSPS) is 11.7. The topological polar surface area (TPSA) is 26.3 Å². The Morgan fingerprint density at radius 2 is 1.62 bits per heavy atom. The van der Waals surface area contributed by atoms with Crippen molar-refractivity contribution in [3.8, 4) is 0 Å². The zero-order valence-electron chi connectivity index (χ0n) is 13.8. The van der Waals surface area contributed by atoms with Crippen LogP contribution in [-0.2, 0) is 6.42 Å².